The van der Waals surface area contributed by atoms with Crippen molar-refractivity contribution >= 4 is 17.5 Å². The number of methoxy groups -OCH3 is 1. The minimum Gasteiger partial charge on any atom is -0.497 e. The molecule has 116 valence electrons. The van der Waals surface area contributed by atoms with Crippen molar-refractivity contribution in [2.45, 2.75) is 25.8 Å². The summed E-state index contributed by atoms with van der Waals surface area (Å²) in [5.41, 5.74) is 1.35. The van der Waals surface area contributed by atoms with Gasteiger partial charge >= 0.3 is 0 Å². The first kappa shape index (κ1) is 16.4. The van der Waals surface area contributed by atoms with E-state index in [1.165, 1.54) is 0 Å². The zero-order chi connectivity index (χ0) is 16.2. The molecule has 3 nitrogen and oxygen atoms in total. The lowest BCUT2D eigenvalue weighted by molar-refractivity contribution is -0.125. The number of amides is 1. The van der Waals surface area contributed by atoms with Crippen molar-refractivity contribution in [2.75, 3.05) is 7.11 Å². The van der Waals surface area contributed by atoms with Gasteiger partial charge in [0, 0.05) is 11.6 Å². The van der Waals surface area contributed by atoms with Gasteiger partial charge in [0.15, 0.2) is 0 Å². The van der Waals surface area contributed by atoms with E-state index < -0.39 is 5.41 Å². The van der Waals surface area contributed by atoms with E-state index in [4.69, 9.17) is 16.3 Å². The summed E-state index contributed by atoms with van der Waals surface area (Å²) in [4.78, 5) is 12.5. The monoisotopic (exact) mass is 317 g/mol. The Balaban J connectivity index is 2.04. The molecule has 2 aromatic rings. The van der Waals surface area contributed by atoms with Crippen LogP contribution in [0.4, 0.5) is 0 Å². The van der Waals surface area contributed by atoms with E-state index in [1.54, 1.807) is 7.11 Å². The molecule has 1 amide bonds. The van der Waals surface area contributed by atoms with Gasteiger partial charge < -0.3 is 10.1 Å². The summed E-state index contributed by atoms with van der Waals surface area (Å²) >= 11 is 5.85. The molecule has 2 rings (SSSR count). The molecule has 2 aromatic carbocycles. The van der Waals surface area contributed by atoms with Crippen molar-refractivity contribution < 1.29 is 9.53 Å². The normalized spacial score (nSPS) is 11.1. The smallest absolute Gasteiger partial charge is 0.230 e. The first-order valence-corrected chi connectivity index (χ1v) is 7.48. The predicted molar refractivity (Wildman–Crippen MR) is 89.3 cm³/mol. The second-order valence-electron chi connectivity index (χ2n) is 5.66. The summed E-state index contributed by atoms with van der Waals surface area (Å²) in [6.45, 7) is 4.30. The van der Waals surface area contributed by atoms with Gasteiger partial charge in [-0.3, -0.25) is 4.79 Å². The SMILES string of the molecule is COc1ccc(C(C)(C)C(=O)NCc2ccc(Cl)cc2)cc1. The third kappa shape index (κ3) is 3.80. The third-order valence-corrected chi connectivity index (χ3v) is 4.00. The average Bonchev–Trinajstić information content (AvgIpc) is 2.54. The molecule has 0 saturated heterocycles. The molecular formula is C18H20ClNO2. The zero-order valence-electron chi connectivity index (χ0n) is 13.0. The first-order valence-electron chi connectivity index (χ1n) is 7.11. The van der Waals surface area contributed by atoms with Crippen molar-refractivity contribution in [3.8, 4) is 5.75 Å². The van der Waals surface area contributed by atoms with Crippen LogP contribution in [0.1, 0.15) is 25.0 Å². The minimum atomic E-state index is -0.612. The van der Waals surface area contributed by atoms with Gasteiger partial charge in [0.2, 0.25) is 5.91 Å². The fraction of sp³-hybridized carbons (Fsp3) is 0.278. The second-order valence-corrected chi connectivity index (χ2v) is 6.10. The number of ether oxygens (including phenoxy) is 1. The maximum absolute atomic E-state index is 12.5. The molecular weight excluding hydrogens is 298 g/mol. The average molecular weight is 318 g/mol. The van der Waals surface area contributed by atoms with E-state index in [-0.39, 0.29) is 5.91 Å². The Kier molecular flexibility index (Phi) is 5.09. The highest BCUT2D eigenvalue weighted by molar-refractivity contribution is 6.30. The molecule has 0 aliphatic heterocycles. The predicted octanol–water partition coefficient (Wildman–Crippen LogP) is 3.94. The molecule has 0 unspecified atom stereocenters. The van der Waals surface area contributed by atoms with Crippen molar-refractivity contribution in [1.82, 2.24) is 5.32 Å². The Morgan fingerprint density at radius 3 is 2.23 bits per heavy atom. The Morgan fingerprint density at radius 2 is 1.68 bits per heavy atom. The van der Waals surface area contributed by atoms with Crippen molar-refractivity contribution in [1.29, 1.82) is 0 Å². The standard InChI is InChI=1S/C18H20ClNO2/c1-18(2,14-6-10-16(22-3)11-7-14)17(21)20-12-13-4-8-15(19)9-5-13/h4-11H,12H2,1-3H3,(H,20,21). The summed E-state index contributed by atoms with van der Waals surface area (Å²) in [6, 6.07) is 15.0. The molecule has 0 aromatic heterocycles. The molecule has 0 fully saturated rings. The Morgan fingerprint density at radius 1 is 1.09 bits per heavy atom. The van der Waals surface area contributed by atoms with E-state index in [1.807, 2.05) is 62.4 Å². The van der Waals surface area contributed by atoms with Crippen LogP contribution in [0.3, 0.4) is 0 Å². The molecule has 0 saturated carbocycles. The van der Waals surface area contributed by atoms with Gasteiger partial charge in [-0.15, -0.1) is 0 Å². The molecule has 4 heteroatoms. The minimum absolute atomic E-state index is 0.0207. The van der Waals surface area contributed by atoms with Gasteiger partial charge in [0.05, 0.1) is 12.5 Å². The highest BCUT2D eigenvalue weighted by Crippen LogP contribution is 2.25. The number of hydrogen-bond donors (Lipinski definition) is 1. The Bertz CT molecular complexity index is 633. The fourth-order valence-corrected chi connectivity index (χ4v) is 2.27. The number of benzene rings is 2. The quantitative estimate of drug-likeness (QED) is 0.907. The second kappa shape index (κ2) is 6.84. The summed E-state index contributed by atoms with van der Waals surface area (Å²) in [5.74, 6) is 0.758. The lowest BCUT2D eigenvalue weighted by Gasteiger charge is -2.24. The number of halogens is 1. The van der Waals surface area contributed by atoms with E-state index in [2.05, 4.69) is 5.32 Å². The molecule has 0 radical (unpaired) electrons. The molecule has 0 atom stereocenters. The topological polar surface area (TPSA) is 38.3 Å². The molecule has 0 heterocycles. The molecule has 0 aliphatic carbocycles. The van der Waals surface area contributed by atoms with E-state index >= 15 is 0 Å². The van der Waals surface area contributed by atoms with Crippen LogP contribution >= 0.6 is 11.6 Å². The largest absolute Gasteiger partial charge is 0.497 e. The van der Waals surface area contributed by atoms with Crippen LogP contribution in [0, 0.1) is 0 Å². The maximum Gasteiger partial charge on any atom is 0.230 e. The van der Waals surface area contributed by atoms with Crippen LogP contribution < -0.4 is 10.1 Å². The van der Waals surface area contributed by atoms with Crippen molar-refractivity contribution in [3.05, 3.63) is 64.7 Å². The number of hydrogen-bond acceptors (Lipinski definition) is 2. The fourth-order valence-electron chi connectivity index (χ4n) is 2.14. The van der Waals surface area contributed by atoms with Crippen LogP contribution in [0.5, 0.6) is 5.75 Å². The van der Waals surface area contributed by atoms with Gasteiger partial charge in [-0.1, -0.05) is 35.9 Å². The molecule has 0 bridgehead atoms. The molecule has 1 N–H and O–H groups in total. The number of rotatable bonds is 5. The number of carbonyl (C=O) groups is 1. The number of nitrogens with one attached hydrogen (secondary N) is 1. The summed E-state index contributed by atoms with van der Waals surface area (Å²) in [6.07, 6.45) is 0. The molecule has 22 heavy (non-hydrogen) atoms. The van der Waals surface area contributed by atoms with Gasteiger partial charge in [-0.2, -0.15) is 0 Å². The Labute approximate surface area is 136 Å². The Hall–Kier alpha value is -2.00. The van der Waals surface area contributed by atoms with E-state index in [0.717, 1.165) is 16.9 Å². The van der Waals surface area contributed by atoms with Crippen LogP contribution in [0.15, 0.2) is 48.5 Å². The lowest BCUT2D eigenvalue weighted by Crippen LogP contribution is -2.39. The zero-order valence-corrected chi connectivity index (χ0v) is 13.8. The molecule has 0 spiro atoms. The lowest BCUT2D eigenvalue weighted by atomic mass is 9.83. The van der Waals surface area contributed by atoms with Gasteiger partial charge in [0.25, 0.3) is 0 Å². The van der Waals surface area contributed by atoms with Gasteiger partial charge in [-0.05, 0) is 49.2 Å². The molecule has 0 aliphatic rings. The maximum atomic E-state index is 12.5. The highest BCUT2D eigenvalue weighted by atomic mass is 35.5. The van der Waals surface area contributed by atoms with Gasteiger partial charge in [-0.25, -0.2) is 0 Å². The van der Waals surface area contributed by atoms with Crippen LogP contribution in [-0.4, -0.2) is 13.0 Å². The van der Waals surface area contributed by atoms with Crippen LogP contribution in [0.25, 0.3) is 0 Å². The van der Waals surface area contributed by atoms with Crippen LogP contribution in [0.2, 0.25) is 5.02 Å². The van der Waals surface area contributed by atoms with Crippen molar-refractivity contribution in [3.63, 3.8) is 0 Å². The summed E-state index contributed by atoms with van der Waals surface area (Å²) < 4.78 is 5.15. The van der Waals surface area contributed by atoms with E-state index in [9.17, 15) is 4.79 Å². The third-order valence-electron chi connectivity index (χ3n) is 3.75. The van der Waals surface area contributed by atoms with Gasteiger partial charge in [0.1, 0.15) is 5.75 Å². The first-order chi connectivity index (χ1) is 10.4. The summed E-state index contributed by atoms with van der Waals surface area (Å²) in [5, 5.41) is 3.66. The number of carbonyl (C=O) groups excluding carboxylic acids is 1. The van der Waals surface area contributed by atoms with Crippen LogP contribution in [-0.2, 0) is 16.8 Å². The van der Waals surface area contributed by atoms with Crippen molar-refractivity contribution in [2.24, 2.45) is 0 Å². The van der Waals surface area contributed by atoms with E-state index in [0.29, 0.717) is 11.6 Å². The highest BCUT2D eigenvalue weighted by Gasteiger charge is 2.29. The summed E-state index contributed by atoms with van der Waals surface area (Å²) in [7, 11) is 1.62.